The number of carbonyl (C=O) groups is 1. The molecule has 2 N–H and O–H groups in total. The highest BCUT2D eigenvalue weighted by molar-refractivity contribution is 5.92. The van der Waals surface area contributed by atoms with Crippen LogP contribution in [0.5, 0.6) is 0 Å². The van der Waals surface area contributed by atoms with Crippen molar-refractivity contribution in [1.82, 2.24) is 19.9 Å². The molecule has 3 rings (SSSR count). The number of aromatic nitrogens is 3. The van der Waals surface area contributed by atoms with Gasteiger partial charge >= 0.3 is 0 Å². The molecule has 1 aliphatic carbocycles. The molecule has 8 nitrogen and oxygen atoms in total. The lowest BCUT2D eigenvalue weighted by molar-refractivity contribution is -0.120. The SMILES string of the molecule is CN(C(=O)c1cn(C2CCOC(CO)C2O)nn1)C1CC1. The molecule has 0 radical (unpaired) electrons. The van der Waals surface area contributed by atoms with Gasteiger partial charge in [-0.3, -0.25) is 4.79 Å². The van der Waals surface area contributed by atoms with Gasteiger partial charge in [-0.25, -0.2) is 4.68 Å². The first-order valence-corrected chi connectivity index (χ1v) is 7.21. The van der Waals surface area contributed by atoms with Gasteiger partial charge in [-0.1, -0.05) is 5.21 Å². The summed E-state index contributed by atoms with van der Waals surface area (Å²) in [5.41, 5.74) is 0.281. The van der Waals surface area contributed by atoms with Gasteiger partial charge in [0.2, 0.25) is 0 Å². The van der Waals surface area contributed by atoms with Crippen LogP contribution in [-0.2, 0) is 4.74 Å². The number of aliphatic hydroxyl groups excluding tert-OH is 2. The summed E-state index contributed by atoms with van der Waals surface area (Å²) < 4.78 is 6.79. The zero-order valence-corrected chi connectivity index (χ0v) is 11.9. The quantitative estimate of drug-likeness (QED) is 0.754. The Hall–Kier alpha value is -1.51. The van der Waals surface area contributed by atoms with Crippen molar-refractivity contribution in [2.75, 3.05) is 20.3 Å². The number of carbonyl (C=O) groups excluding carboxylic acids is 1. The Kier molecular flexibility index (Phi) is 3.92. The molecule has 2 fully saturated rings. The fourth-order valence-corrected chi connectivity index (χ4v) is 2.65. The highest BCUT2D eigenvalue weighted by Crippen LogP contribution is 2.27. The molecule has 1 aliphatic heterocycles. The van der Waals surface area contributed by atoms with Crippen LogP contribution >= 0.6 is 0 Å². The molecule has 1 amide bonds. The monoisotopic (exact) mass is 296 g/mol. The minimum atomic E-state index is -0.866. The number of ether oxygens (including phenoxy) is 1. The third-order valence-electron chi connectivity index (χ3n) is 4.18. The van der Waals surface area contributed by atoms with E-state index in [1.54, 1.807) is 18.1 Å². The highest BCUT2D eigenvalue weighted by Gasteiger charge is 2.35. The summed E-state index contributed by atoms with van der Waals surface area (Å²) in [6, 6.07) is -0.0220. The molecule has 3 atom stereocenters. The third-order valence-corrected chi connectivity index (χ3v) is 4.18. The maximum absolute atomic E-state index is 12.2. The number of amides is 1. The molecule has 2 heterocycles. The number of rotatable bonds is 4. The number of nitrogens with zero attached hydrogens (tertiary/aromatic N) is 4. The van der Waals surface area contributed by atoms with Crippen LogP contribution < -0.4 is 0 Å². The summed E-state index contributed by atoms with van der Waals surface area (Å²) in [5.74, 6) is -0.149. The van der Waals surface area contributed by atoms with Crippen molar-refractivity contribution in [3.05, 3.63) is 11.9 Å². The summed E-state index contributed by atoms with van der Waals surface area (Å²) in [5, 5.41) is 27.2. The summed E-state index contributed by atoms with van der Waals surface area (Å²) in [4.78, 5) is 13.9. The summed E-state index contributed by atoms with van der Waals surface area (Å²) >= 11 is 0. The van der Waals surface area contributed by atoms with Crippen molar-refractivity contribution in [3.8, 4) is 0 Å². The van der Waals surface area contributed by atoms with Crippen molar-refractivity contribution in [2.24, 2.45) is 0 Å². The first kappa shape index (κ1) is 14.4. The Morgan fingerprint density at radius 2 is 2.29 bits per heavy atom. The fourth-order valence-electron chi connectivity index (χ4n) is 2.65. The van der Waals surface area contributed by atoms with Crippen molar-refractivity contribution in [2.45, 2.75) is 43.6 Å². The van der Waals surface area contributed by atoms with E-state index < -0.39 is 12.2 Å². The maximum atomic E-state index is 12.2. The average Bonchev–Trinajstić information content (AvgIpc) is 3.23. The van der Waals surface area contributed by atoms with Gasteiger partial charge in [0.15, 0.2) is 5.69 Å². The summed E-state index contributed by atoms with van der Waals surface area (Å²) in [6.45, 7) is 0.181. The zero-order chi connectivity index (χ0) is 15.0. The van der Waals surface area contributed by atoms with Gasteiger partial charge in [0.1, 0.15) is 12.2 Å². The number of hydrogen-bond acceptors (Lipinski definition) is 6. The molecule has 1 aromatic rings. The Labute approximate surface area is 122 Å². The van der Waals surface area contributed by atoms with Gasteiger partial charge in [0.05, 0.1) is 18.8 Å². The Morgan fingerprint density at radius 3 is 2.95 bits per heavy atom. The van der Waals surface area contributed by atoms with Crippen LogP contribution in [0.15, 0.2) is 6.20 Å². The van der Waals surface area contributed by atoms with Gasteiger partial charge < -0.3 is 19.8 Å². The van der Waals surface area contributed by atoms with E-state index >= 15 is 0 Å². The van der Waals surface area contributed by atoms with Gasteiger partial charge in [-0.2, -0.15) is 0 Å². The lowest BCUT2D eigenvalue weighted by atomic mass is 10.0. The summed E-state index contributed by atoms with van der Waals surface area (Å²) in [6.07, 6.45) is 2.71. The van der Waals surface area contributed by atoms with Crippen LogP contribution in [0, 0.1) is 0 Å². The predicted molar refractivity (Wildman–Crippen MR) is 71.6 cm³/mol. The van der Waals surface area contributed by atoms with Crippen LogP contribution in [0.3, 0.4) is 0 Å². The van der Waals surface area contributed by atoms with Gasteiger partial charge in [0.25, 0.3) is 5.91 Å². The van der Waals surface area contributed by atoms with E-state index in [4.69, 9.17) is 9.84 Å². The fraction of sp³-hybridized carbons (Fsp3) is 0.769. The van der Waals surface area contributed by atoms with Crippen LogP contribution in [0.1, 0.15) is 35.8 Å². The molecule has 0 spiro atoms. The zero-order valence-electron chi connectivity index (χ0n) is 11.9. The molecule has 3 unspecified atom stereocenters. The van der Waals surface area contributed by atoms with E-state index in [-0.39, 0.29) is 24.2 Å². The second-order valence-corrected chi connectivity index (χ2v) is 5.67. The molecule has 21 heavy (non-hydrogen) atoms. The van der Waals surface area contributed by atoms with Crippen molar-refractivity contribution < 1.29 is 19.7 Å². The second kappa shape index (κ2) is 5.70. The average molecular weight is 296 g/mol. The van der Waals surface area contributed by atoms with E-state index in [0.717, 1.165) is 12.8 Å². The van der Waals surface area contributed by atoms with E-state index in [0.29, 0.717) is 19.1 Å². The van der Waals surface area contributed by atoms with E-state index in [1.807, 2.05) is 0 Å². The second-order valence-electron chi connectivity index (χ2n) is 5.67. The largest absolute Gasteiger partial charge is 0.394 e. The molecule has 1 saturated heterocycles. The Balaban J connectivity index is 1.73. The molecule has 116 valence electrons. The molecule has 0 aromatic carbocycles. The lowest BCUT2D eigenvalue weighted by Gasteiger charge is -2.33. The van der Waals surface area contributed by atoms with Gasteiger partial charge in [-0.05, 0) is 19.3 Å². The number of aliphatic hydroxyl groups is 2. The lowest BCUT2D eigenvalue weighted by Crippen LogP contribution is -2.44. The Morgan fingerprint density at radius 1 is 1.52 bits per heavy atom. The standard InChI is InChI=1S/C13H20N4O4/c1-16(8-2-3-8)13(20)9-6-17(15-14-9)10-4-5-21-11(7-18)12(10)19/h6,8,10-12,18-19H,2-5,7H2,1H3. The third kappa shape index (κ3) is 2.78. The van der Waals surface area contributed by atoms with Crippen molar-refractivity contribution in [3.63, 3.8) is 0 Å². The maximum Gasteiger partial charge on any atom is 0.276 e. The minimum absolute atomic E-state index is 0.149. The highest BCUT2D eigenvalue weighted by atomic mass is 16.5. The smallest absolute Gasteiger partial charge is 0.276 e. The molecular weight excluding hydrogens is 276 g/mol. The Bertz CT molecular complexity index is 516. The van der Waals surface area contributed by atoms with Crippen molar-refractivity contribution in [1.29, 1.82) is 0 Å². The number of hydrogen-bond donors (Lipinski definition) is 2. The van der Waals surface area contributed by atoms with Crippen LogP contribution in [0.25, 0.3) is 0 Å². The van der Waals surface area contributed by atoms with Crippen LogP contribution in [-0.4, -0.2) is 74.5 Å². The first-order valence-electron chi connectivity index (χ1n) is 7.21. The van der Waals surface area contributed by atoms with Gasteiger partial charge in [0, 0.05) is 19.7 Å². The topological polar surface area (TPSA) is 101 Å². The molecule has 8 heteroatoms. The summed E-state index contributed by atoms with van der Waals surface area (Å²) in [7, 11) is 1.77. The van der Waals surface area contributed by atoms with Crippen molar-refractivity contribution >= 4 is 5.91 Å². The van der Waals surface area contributed by atoms with Gasteiger partial charge in [-0.15, -0.1) is 5.10 Å². The molecule has 2 aliphatic rings. The van der Waals surface area contributed by atoms with E-state index in [9.17, 15) is 9.90 Å². The van der Waals surface area contributed by atoms with Crippen LogP contribution in [0.4, 0.5) is 0 Å². The predicted octanol–water partition coefficient (Wildman–Crippen LogP) is -0.804. The van der Waals surface area contributed by atoms with E-state index in [1.165, 1.54) is 4.68 Å². The minimum Gasteiger partial charge on any atom is -0.394 e. The van der Waals surface area contributed by atoms with E-state index in [2.05, 4.69) is 10.3 Å². The molecule has 1 saturated carbocycles. The molecule has 0 bridgehead atoms. The first-order chi connectivity index (χ1) is 10.1. The van der Waals surface area contributed by atoms with Crippen LogP contribution in [0.2, 0.25) is 0 Å². The normalized spacial score (nSPS) is 29.4. The molecular formula is C13H20N4O4. The molecule has 1 aromatic heterocycles.